The van der Waals surface area contributed by atoms with E-state index in [-0.39, 0.29) is 0 Å². The molecule has 2 aliphatic heterocycles. The van der Waals surface area contributed by atoms with Crippen molar-refractivity contribution in [1.82, 2.24) is 18.8 Å². The third kappa shape index (κ3) is 6.36. The Morgan fingerprint density at radius 3 is 1.89 bits per heavy atom. The van der Waals surface area contributed by atoms with Gasteiger partial charge in [-0.25, -0.2) is 14.4 Å². The maximum atomic E-state index is 13.4. The molecule has 1 atom stereocenters. The zero-order valence-corrected chi connectivity index (χ0v) is 26.3. The highest BCUT2D eigenvalue weighted by Gasteiger charge is 2.22. The van der Waals surface area contributed by atoms with Crippen LogP contribution in [0.2, 0.25) is 0 Å². The fourth-order valence-electron chi connectivity index (χ4n) is 6.26. The Morgan fingerprint density at radius 1 is 0.652 bits per heavy atom. The lowest BCUT2D eigenvalue weighted by molar-refractivity contribution is 0.364. The lowest BCUT2D eigenvalue weighted by Crippen LogP contribution is -2.29. The Labute approximate surface area is 268 Å². The van der Waals surface area contributed by atoms with Gasteiger partial charge < -0.3 is 28.1 Å². The van der Waals surface area contributed by atoms with Crippen molar-refractivity contribution in [3.63, 3.8) is 0 Å². The molecule has 2 aliphatic rings. The van der Waals surface area contributed by atoms with E-state index in [2.05, 4.69) is 44.8 Å². The Bertz CT molecular complexity index is 1930. The Morgan fingerprint density at radius 2 is 1.28 bits per heavy atom. The standard InChI is InChI=1S/C19H21N3O.C18H18FN3O/c1-23-17-7-5-6-15(12-17)18-14-22-11-8-16(13-19(22)20-18)21-9-3-2-4-10-21;1-23-16-4-2-13(3-5-16)17-12-22-9-7-15(10-18(22)20-17)21-8-6-14(19)11-21/h5-8,11-14H,2-4,9-10H2,1H3;2-5,7,9-10,12,14H,6,8,11H2,1H3/t;14-/m.1/s1. The second kappa shape index (κ2) is 13.1. The summed E-state index contributed by atoms with van der Waals surface area (Å²) >= 11 is 0. The molecule has 4 aromatic heterocycles. The second-order valence-corrected chi connectivity index (χ2v) is 11.9. The third-order valence-corrected chi connectivity index (χ3v) is 8.86. The van der Waals surface area contributed by atoms with Gasteiger partial charge in [0.05, 0.1) is 25.6 Å². The molecular formula is C37H39FN6O2. The molecule has 0 N–H and O–H groups in total. The van der Waals surface area contributed by atoms with Crippen molar-refractivity contribution in [2.45, 2.75) is 31.9 Å². The van der Waals surface area contributed by atoms with E-state index in [0.717, 1.165) is 70.6 Å². The summed E-state index contributed by atoms with van der Waals surface area (Å²) in [6.07, 6.45) is 12.0. The van der Waals surface area contributed by atoms with Crippen molar-refractivity contribution in [2.75, 3.05) is 50.2 Å². The summed E-state index contributed by atoms with van der Waals surface area (Å²) in [5, 5.41) is 0. The molecule has 0 unspecified atom stereocenters. The summed E-state index contributed by atoms with van der Waals surface area (Å²) in [4.78, 5) is 14.0. The number of hydrogen-bond acceptors (Lipinski definition) is 6. The zero-order chi connectivity index (χ0) is 31.5. The number of anilines is 2. The summed E-state index contributed by atoms with van der Waals surface area (Å²) < 4.78 is 28.0. The molecule has 0 aliphatic carbocycles. The predicted molar refractivity (Wildman–Crippen MR) is 182 cm³/mol. The van der Waals surface area contributed by atoms with Crippen LogP contribution in [0.3, 0.4) is 0 Å². The number of hydrogen-bond donors (Lipinski definition) is 0. The van der Waals surface area contributed by atoms with Crippen LogP contribution in [0.4, 0.5) is 15.8 Å². The predicted octanol–water partition coefficient (Wildman–Crippen LogP) is 7.56. The van der Waals surface area contributed by atoms with Crippen LogP contribution in [0.25, 0.3) is 33.8 Å². The molecule has 6 aromatic rings. The molecule has 0 saturated carbocycles. The number of benzene rings is 2. The van der Waals surface area contributed by atoms with Gasteiger partial charge in [-0.15, -0.1) is 0 Å². The number of methoxy groups -OCH3 is 2. The van der Waals surface area contributed by atoms with Crippen LogP contribution in [-0.4, -0.2) is 65.3 Å². The highest BCUT2D eigenvalue weighted by molar-refractivity contribution is 5.67. The topological polar surface area (TPSA) is 59.5 Å². The first-order valence-electron chi connectivity index (χ1n) is 16.0. The molecule has 46 heavy (non-hydrogen) atoms. The first-order chi connectivity index (χ1) is 22.6. The zero-order valence-electron chi connectivity index (χ0n) is 26.3. The number of rotatable bonds is 6. The van der Waals surface area contributed by atoms with Crippen LogP contribution < -0.4 is 19.3 Å². The molecule has 2 aromatic carbocycles. The lowest BCUT2D eigenvalue weighted by atomic mass is 10.1. The van der Waals surface area contributed by atoms with Crippen molar-refractivity contribution in [3.05, 3.63) is 97.6 Å². The summed E-state index contributed by atoms with van der Waals surface area (Å²) in [5.41, 5.74) is 8.17. The molecule has 2 fully saturated rings. The number of fused-ring (bicyclic) bond motifs is 2. The third-order valence-electron chi connectivity index (χ3n) is 8.86. The normalized spacial score (nSPS) is 16.5. The molecule has 9 heteroatoms. The summed E-state index contributed by atoms with van der Waals surface area (Å²) in [7, 11) is 3.34. The van der Waals surface area contributed by atoms with Crippen LogP contribution in [0.5, 0.6) is 11.5 Å². The molecule has 8 rings (SSSR count). The van der Waals surface area contributed by atoms with Gasteiger partial charge in [-0.2, -0.15) is 0 Å². The number of halogens is 1. The summed E-state index contributed by atoms with van der Waals surface area (Å²) in [5.74, 6) is 1.68. The van der Waals surface area contributed by atoms with E-state index in [9.17, 15) is 4.39 Å². The lowest BCUT2D eigenvalue weighted by Gasteiger charge is -2.28. The molecule has 0 radical (unpaired) electrons. The largest absolute Gasteiger partial charge is 0.497 e. The van der Waals surface area contributed by atoms with Crippen LogP contribution in [-0.2, 0) is 0 Å². The summed E-state index contributed by atoms with van der Waals surface area (Å²) in [6, 6.07) is 24.3. The fourth-order valence-corrected chi connectivity index (χ4v) is 6.26. The second-order valence-electron chi connectivity index (χ2n) is 11.9. The number of alkyl halides is 1. The van der Waals surface area contributed by atoms with E-state index in [1.54, 1.807) is 14.2 Å². The van der Waals surface area contributed by atoms with E-state index in [1.807, 2.05) is 71.4 Å². The van der Waals surface area contributed by atoms with Crippen molar-refractivity contribution >= 4 is 22.7 Å². The fraction of sp³-hybridized carbons (Fsp3) is 0.297. The van der Waals surface area contributed by atoms with Gasteiger partial charge in [-0.05, 0) is 74.2 Å². The van der Waals surface area contributed by atoms with Gasteiger partial charge in [0.25, 0.3) is 0 Å². The van der Waals surface area contributed by atoms with Crippen LogP contribution in [0, 0.1) is 0 Å². The van der Waals surface area contributed by atoms with Gasteiger partial charge in [-0.3, -0.25) is 0 Å². The number of piperidine rings is 1. The minimum Gasteiger partial charge on any atom is -0.497 e. The number of ether oxygens (including phenoxy) is 2. The molecule has 2 saturated heterocycles. The maximum absolute atomic E-state index is 13.4. The van der Waals surface area contributed by atoms with Crippen LogP contribution in [0.15, 0.2) is 97.6 Å². The monoisotopic (exact) mass is 618 g/mol. The minimum atomic E-state index is -0.721. The highest BCUT2D eigenvalue weighted by Crippen LogP contribution is 2.28. The van der Waals surface area contributed by atoms with E-state index in [1.165, 1.54) is 24.9 Å². The van der Waals surface area contributed by atoms with Crippen LogP contribution >= 0.6 is 0 Å². The molecule has 6 heterocycles. The average Bonchev–Trinajstić information content (AvgIpc) is 3.86. The Kier molecular flexibility index (Phi) is 8.46. The minimum absolute atomic E-state index is 0.474. The van der Waals surface area contributed by atoms with E-state index >= 15 is 0 Å². The average molecular weight is 619 g/mol. The molecule has 0 spiro atoms. The number of aromatic nitrogens is 4. The molecular weight excluding hydrogens is 579 g/mol. The van der Waals surface area contributed by atoms with Gasteiger partial charge in [0.1, 0.15) is 29.0 Å². The molecule has 236 valence electrons. The Hall–Kier alpha value is -5.05. The molecule has 0 amide bonds. The first-order valence-corrected chi connectivity index (χ1v) is 16.0. The van der Waals surface area contributed by atoms with Crippen LogP contribution in [0.1, 0.15) is 25.7 Å². The highest BCUT2D eigenvalue weighted by atomic mass is 19.1. The number of imidazole rings is 2. The molecule has 0 bridgehead atoms. The van der Waals surface area contributed by atoms with Crippen molar-refractivity contribution in [1.29, 1.82) is 0 Å². The van der Waals surface area contributed by atoms with Crippen molar-refractivity contribution in [3.8, 4) is 34.0 Å². The number of pyridine rings is 2. The maximum Gasteiger partial charge on any atom is 0.139 e. The first kappa shape index (κ1) is 29.6. The summed E-state index contributed by atoms with van der Waals surface area (Å²) in [6.45, 7) is 3.55. The quantitative estimate of drug-likeness (QED) is 0.192. The van der Waals surface area contributed by atoms with Gasteiger partial charge in [0.2, 0.25) is 0 Å². The van der Waals surface area contributed by atoms with Gasteiger partial charge in [-0.1, -0.05) is 12.1 Å². The van der Waals surface area contributed by atoms with E-state index in [4.69, 9.17) is 19.4 Å². The van der Waals surface area contributed by atoms with Gasteiger partial charge in [0, 0.05) is 85.6 Å². The van der Waals surface area contributed by atoms with Crippen molar-refractivity contribution < 1.29 is 13.9 Å². The van der Waals surface area contributed by atoms with Gasteiger partial charge in [0.15, 0.2) is 0 Å². The van der Waals surface area contributed by atoms with Gasteiger partial charge >= 0.3 is 0 Å². The van der Waals surface area contributed by atoms with E-state index < -0.39 is 6.17 Å². The Balaban J connectivity index is 0.000000147. The van der Waals surface area contributed by atoms with E-state index in [0.29, 0.717) is 13.0 Å². The molecule has 8 nitrogen and oxygen atoms in total. The van der Waals surface area contributed by atoms with Crippen molar-refractivity contribution in [2.24, 2.45) is 0 Å². The SMILES string of the molecule is COc1ccc(-c2cn3ccc(N4CC[C@@H](F)C4)cc3n2)cc1.COc1cccc(-c2cn3ccc(N4CCCCC4)cc3n2)c1. The number of nitrogens with zero attached hydrogens (tertiary/aromatic N) is 6. The smallest absolute Gasteiger partial charge is 0.139 e.